The van der Waals surface area contributed by atoms with E-state index in [4.69, 9.17) is 16.3 Å². The van der Waals surface area contributed by atoms with E-state index < -0.39 is 0 Å². The zero-order chi connectivity index (χ0) is 21.8. The van der Waals surface area contributed by atoms with Crippen molar-refractivity contribution in [1.29, 1.82) is 0 Å². The van der Waals surface area contributed by atoms with Gasteiger partial charge < -0.3 is 10.1 Å². The Kier molecular flexibility index (Phi) is 6.75. The Labute approximate surface area is 197 Å². The Morgan fingerprint density at radius 1 is 1.16 bits per heavy atom. The lowest BCUT2D eigenvalue weighted by Crippen LogP contribution is -2.11. The van der Waals surface area contributed by atoms with Gasteiger partial charge in [0.1, 0.15) is 12.4 Å². The van der Waals surface area contributed by atoms with Crippen LogP contribution >= 0.6 is 38.9 Å². The first-order valence-electron chi connectivity index (χ1n) is 9.52. The number of halogens is 2. The first kappa shape index (κ1) is 21.6. The lowest BCUT2D eigenvalue weighted by Gasteiger charge is -2.08. The Hall–Kier alpha value is -2.61. The Bertz CT molecular complexity index is 1200. The van der Waals surface area contributed by atoms with Crippen LogP contribution in [-0.4, -0.2) is 15.7 Å². The zero-order valence-corrected chi connectivity index (χ0v) is 19.8. The molecule has 2 aromatic heterocycles. The number of ether oxygens (including phenoxy) is 1. The second kappa shape index (κ2) is 9.68. The molecular weight excluding hydrogens is 498 g/mol. The van der Waals surface area contributed by atoms with Gasteiger partial charge in [-0.25, -0.2) is 0 Å². The van der Waals surface area contributed by atoms with Crippen LogP contribution in [0, 0.1) is 6.92 Å². The molecule has 0 spiro atoms. The van der Waals surface area contributed by atoms with Crippen LogP contribution in [0.2, 0.25) is 5.02 Å². The van der Waals surface area contributed by atoms with Crippen LogP contribution in [0.15, 0.2) is 70.6 Å². The molecule has 5 nitrogen and oxygen atoms in total. The SMILES string of the molecule is Cc1cc(Cl)ccc1OCc1csc(C(=O)Nc2ccn(Cc3ccc(Br)cc3)n2)c1. The molecule has 1 amide bonds. The number of benzene rings is 2. The highest BCUT2D eigenvalue weighted by Crippen LogP contribution is 2.24. The molecular formula is C23H19BrClN3O2S. The van der Waals surface area contributed by atoms with E-state index >= 15 is 0 Å². The molecule has 0 saturated heterocycles. The fraction of sp³-hybridized carbons (Fsp3) is 0.130. The van der Waals surface area contributed by atoms with Gasteiger partial charge in [-0.1, -0.05) is 39.7 Å². The molecule has 1 N–H and O–H groups in total. The minimum absolute atomic E-state index is 0.187. The highest BCUT2D eigenvalue weighted by Gasteiger charge is 2.12. The van der Waals surface area contributed by atoms with E-state index in [1.807, 2.05) is 61.0 Å². The second-order valence-electron chi connectivity index (χ2n) is 7.00. The summed E-state index contributed by atoms with van der Waals surface area (Å²) in [6.07, 6.45) is 1.85. The van der Waals surface area contributed by atoms with Crippen molar-refractivity contribution in [3.63, 3.8) is 0 Å². The molecule has 0 radical (unpaired) electrons. The number of nitrogens with one attached hydrogen (secondary N) is 1. The number of aryl methyl sites for hydroxylation is 1. The topological polar surface area (TPSA) is 56.1 Å². The second-order valence-corrected chi connectivity index (χ2v) is 9.26. The quantitative estimate of drug-likeness (QED) is 0.303. The van der Waals surface area contributed by atoms with Crippen LogP contribution in [0.25, 0.3) is 0 Å². The molecule has 31 heavy (non-hydrogen) atoms. The van der Waals surface area contributed by atoms with Crippen molar-refractivity contribution in [3.05, 3.63) is 97.2 Å². The molecule has 0 saturated carbocycles. The van der Waals surface area contributed by atoms with Crippen molar-refractivity contribution in [2.24, 2.45) is 0 Å². The van der Waals surface area contributed by atoms with Gasteiger partial charge in [0.2, 0.25) is 0 Å². The molecule has 0 aliphatic carbocycles. The molecule has 0 aliphatic heterocycles. The Morgan fingerprint density at radius 2 is 1.97 bits per heavy atom. The normalized spacial score (nSPS) is 10.8. The molecule has 0 aliphatic rings. The van der Waals surface area contributed by atoms with Crippen LogP contribution < -0.4 is 10.1 Å². The van der Waals surface area contributed by atoms with Gasteiger partial charge >= 0.3 is 0 Å². The summed E-state index contributed by atoms with van der Waals surface area (Å²) in [7, 11) is 0. The van der Waals surface area contributed by atoms with Crippen LogP contribution in [0.4, 0.5) is 5.82 Å². The van der Waals surface area contributed by atoms with Gasteiger partial charge in [0.05, 0.1) is 11.4 Å². The van der Waals surface area contributed by atoms with Gasteiger partial charge in [-0.3, -0.25) is 9.48 Å². The van der Waals surface area contributed by atoms with Crippen molar-refractivity contribution in [2.75, 3.05) is 5.32 Å². The first-order chi connectivity index (χ1) is 15.0. The lowest BCUT2D eigenvalue weighted by molar-refractivity contribution is 0.103. The molecule has 8 heteroatoms. The van der Waals surface area contributed by atoms with Crippen molar-refractivity contribution < 1.29 is 9.53 Å². The third kappa shape index (κ3) is 5.76. The number of anilines is 1. The number of thiophene rings is 1. The Morgan fingerprint density at radius 3 is 2.74 bits per heavy atom. The third-order valence-electron chi connectivity index (χ3n) is 4.55. The highest BCUT2D eigenvalue weighted by atomic mass is 79.9. The van der Waals surface area contributed by atoms with Gasteiger partial charge in [-0.05, 0) is 59.8 Å². The number of aromatic nitrogens is 2. The summed E-state index contributed by atoms with van der Waals surface area (Å²) in [5, 5.41) is 9.89. The maximum atomic E-state index is 12.6. The minimum atomic E-state index is -0.187. The molecule has 158 valence electrons. The largest absolute Gasteiger partial charge is 0.489 e. The molecule has 0 bridgehead atoms. The van der Waals surface area contributed by atoms with Gasteiger partial charge in [-0.2, -0.15) is 5.10 Å². The molecule has 0 unspecified atom stereocenters. The predicted molar refractivity (Wildman–Crippen MR) is 128 cm³/mol. The molecule has 0 fully saturated rings. The fourth-order valence-electron chi connectivity index (χ4n) is 2.98. The number of amides is 1. The lowest BCUT2D eigenvalue weighted by atomic mass is 10.2. The van der Waals surface area contributed by atoms with Crippen molar-refractivity contribution >= 4 is 50.6 Å². The molecule has 4 aromatic rings. The monoisotopic (exact) mass is 515 g/mol. The number of hydrogen-bond donors (Lipinski definition) is 1. The summed E-state index contributed by atoms with van der Waals surface area (Å²) in [5.74, 6) is 1.11. The molecule has 4 rings (SSSR count). The van der Waals surface area contributed by atoms with E-state index in [0.717, 1.165) is 26.9 Å². The summed E-state index contributed by atoms with van der Waals surface area (Å²) in [6.45, 7) is 2.96. The van der Waals surface area contributed by atoms with E-state index in [9.17, 15) is 4.79 Å². The smallest absolute Gasteiger partial charge is 0.266 e. The molecule has 2 heterocycles. The average Bonchev–Trinajstić information content (AvgIpc) is 3.39. The van der Waals surface area contributed by atoms with E-state index in [1.165, 1.54) is 11.3 Å². The van der Waals surface area contributed by atoms with E-state index in [0.29, 0.717) is 28.9 Å². The van der Waals surface area contributed by atoms with Gasteiger partial charge in [-0.15, -0.1) is 11.3 Å². The summed E-state index contributed by atoms with van der Waals surface area (Å²) >= 11 is 10.8. The number of rotatable bonds is 7. The van der Waals surface area contributed by atoms with Crippen molar-refractivity contribution in [3.8, 4) is 5.75 Å². The minimum Gasteiger partial charge on any atom is -0.489 e. The first-order valence-corrected chi connectivity index (χ1v) is 11.6. The number of hydrogen-bond acceptors (Lipinski definition) is 4. The van der Waals surface area contributed by atoms with E-state index in [-0.39, 0.29) is 5.91 Å². The van der Waals surface area contributed by atoms with Crippen molar-refractivity contribution in [2.45, 2.75) is 20.1 Å². The molecule has 2 aromatic carbocycles. The molecule has 0 atom stereocenters. The summed E-state index contributed by atoms with van der Waals surface area (Å²) in [4.78, 5) is 13.2. The van der Waals surface area contributed by atoms with E-state index in [2.05, 4.69) is 26.3 Å². The van der Waals surface area contributed by atoms with Crippen LogP contribution in [0.5, 0.6) is 5.75 Å². The summed E-state index contributed by atoms with van der Waals surface area (Å²) < 4.78 is 8.68. The van der Waals surface area contributed by atoms with Gasteiger partial charge in [0.15, 0.2) is 5.82 Å². The van der Waals surface area contributed by atoms with Gasteiger partial charge in [0.25, 0.3) is 5.91 Å². The average molecular weight is 517 g/mol. The maximum absolute atomic E-state index is 12.6. The maximum Gasteiger partial charge on any atom is 0.266 e. The fourth-order valence-corrected chi connectivity index (χ4v) is 4.26. The highest BCUT2D eigenvalue weighted by molar-refractivity contribution is 9.10. The van der Waals surface area contributed by atoms with Crippen LogP contribution in [-0.2, 0) is 13.2 Å². The van der Waals surface area contributed by atoms with E-state index in [1.54, 1.807) is 16.8 Å². The summed E-state index contributed by atoms with van der Waals surface area (Å²) in [6, 6.07) is 17.2. The van der Waals surface area contributed by atoms with Gasteiger partial charge in [0, 0.05) is 27.3 Å². The van der Waals surface area contributed by atoms with Crippen LogP contribution in [0.1, 0.15) is 26.4 Å². The summed E-state index contributed by atoms with van der Waals surface area (Å²) in [5.41, 5.74) is 3.03. The number of nitrogens with zero attached hydrogens (tertiary/aromatic N) is 2. The standard InChI is InChI=1S/C23H19BrClN3O2S/c1-15-10-19(25)6-7-20(15)30-13-17-11-21(31-14-17)23(29)26-22-8-9-28(27-22)12-16-2-4-18(24)5-3-16/h2-11,14H,12-13H2,1H3,(H,26,27,29). The van der Waals surface area contributed by atoms with Crippen LogP contribution in [0.3, 0.4) is 0 Å². The number of carbonyl (C=O) groups is 1. The predicted octanol–water partition coefficient (Wildman–Crippen LogP) is 6.55. The zero-order valence-electron chi connectivity index (χ0n) is 16.6. The number of carbonyl (C=O) groups excluding carboxylic acids is 1. The third-order valence-corrected chi connectivity index (χ3v) is 6.29. The Balaban J connectivity index is 1.33. The van der Waals surface area contributed by atoms with Crippen molar-refractivity contribution in [1.82, 2.24) is 9.78 Å².